The van der Waals surface area contributed by atoms with Crippen molar-refractivity contribution in [2.24, 2.45) is 0 Å². The molecule has 0 saturated heterocycles. The van der Waals surface area contributed by atoms with E-state index in [4.69, 9.17) is 0 Å². The first kappa shape index (κ1) is 16.5. The molecule has 0 aliphatic rings. The van der Waals surface area contributed by atoms with Gasteiger partial charge < -0.3 is 10.1 Å². The lowest BCUT2D eigenvalue weighted by molar-refractivity contribution is -0.144. The van der Waals surface area contributed by atoms with E-state index in [-0.39, 0.29) is 10.6 Å². The van der Waals surface area contributed by atoms with Gasteiger partial charge in [0.2, 0.25) is 14.8 Å². The first-order valence-electron chi connectivity index (χ1n) is 5.66. The van der Waals surface area contributed by atoms with Gasteiger partial charge in [0.25, 0.3) is 0 Å². The molecule has 0 radical (unpaired) electrons. The summed E-state index contributed by atoms with van der Waals surface area (Å²) in [4.78, 5) is 22.6. The minimum atomic E-state index is -3.58. The van der Waals surface area contributed by atoms with Crippen molar-refractivity contribution >= 4 is 31.5 Å². The zero-order valence-corrected chi connectivity index (χ0v) is 12.7. The van der Waals surface area contributed by atoms with Gasteiger partial charge in [-0.05, 0) is 22.9 Å². The maximum Gasteiger partial charge on any atom is 0.329 e. The van der Waals surface area contributed by atoms with Crippen molar-refractivity contribution in [3.05, 3.63) is 30.3 Å². The molecule has 20 heavy (non-hydrogen) atoms. The number of carbonyl (C=O) groups excluding carboxylic acids is 2. The third-order valence-corrected chi connectivity index (χ3v) is 5.83. The number of ether oxygens (including phenoxy) is 1. The molecule has 8 heteroatoms. The largest absolute Gasteiger partial charge is 0.467 e. The van der Waals surface area contributed by atoms with E-state index in [0.29, 0.717) is 10.8 Å². The van der Waals surface area contributed by atoms with Gasteiger partial charge in [-0.2, -0.15) is 0 Å². The van der Waals surface area contributed by atoms with Crippen molar-refractivity contribution in [3.63, 3.8) is 0 Å². The Morgan fingerprint density at radius 1 is 1.30 bits per heavy atom. The van der Waals surface area contributed by atoms with Gasteiger partial charge in [0.05, 0.1) is 12.0 Å². The Kier molecular flexibility index (Phi) is 6.03. The van der Waals surface area contributed by atoms with E-state index in [1.807, 2.05) is 0 Å². The molecule has 0 aliphatic carbocycles. The highest BCUT2D eigenvalue weighted by atomic mass is 33.1. The zero-order chi connectivity index (χ0) is 15.2. The maximum absolute atomic E-state index is 12.0. The number of amides is 1. The summed E-state index contributed by atoms with van der Waals surface area (Å²) < 4.78 is 28.6. The van der Waals surface area contributed by atoms with Gasteiger partial charge in [-0.15, -0.1) is 0 Å². The molecule has 1 rings (SSSR count). The topological polar surface area (TPSA) is 89.5 Å². The summed E-state index contributed by atoms with van der Waals surface area (Å²) >= 11 is 0. The summed E-state index contributed by atoms with van der Waals surface area (Å²) in [5, 5.41) is 2.36. The van der Waals surface area contributed by atoms with Crippen molar-refractivity contribution in [1.29, 1.82) is 0 Å². The van der Waals surface area contributed by atoms with Gasteiger partial charge in [-0.25, -0.2) is 13.2 Å². The van der Waals surface area contributed by atoms with Crippen molar-refractivity contribution in [3.8, 4) is 0 Å². The summed E-state index contributed by atoms with van der Waals surface area (Å²) in [5.74, 6) is -1.24. The van der Waals surface area contributed by atoms with Crippen LogP contribution in [0.3, 0.4) is 0 Å². The highest BCUT2D eigenvalue weighted by Gasteiger charge is 2.24. The standard InChI is InChI=1S/C12H15NO5S2/c1-9(14)13-11(12(15)18-2)8-19-20(16,17)10-6-4-3-5-7-10/h3-7,11H,8H2,1-2H3,(H,13,14). The molecule has 0 fully saturated rings. The third-order valence-electron chi connectivity index (χ3n) is 2.28. The second-order valence-electron chi connectivity index (χ2n) is 3.83. The smallest absolute Gasteiger partial charge is 0.329 e. The Bertz CT molecular complexity index is 571. The Balaban J connectivity index is 2.76. The van der Waals surface area contributed by atoms with Crippen LogP contribution in [-0.2, 0) is 23.2 Å². The Morgan fingerprint density at radius 3 is 2.40 bits per heavy atom. The van der Waals surface area contributed by atoms with Crippen molar-refractivity contribution in [1.82, 2.24) is 5.32 Å². The normalized spacial score (nSPS) is 12.5. The molecular weight excluding hydrogens is 302 g/mol. The average molecular weight is 317 g/mol. The molecule has 1 atom stereocenters. The van der Waals surface area contributed by atoms with Crippen molar-refractivity contribution in [2.45, 2.75) is 17.9 Å². The number of hydrogen-bond acceptors (Lipinski definition) is 6. The maximum atomic E-state index is 12.0. The molecule has 1 aromatic rings. The third kappa shape index (κ3) is 4.86. The van der Waals surface area contributed by atoms with Crippen LogP contribution in [0.4, 0.5) is 0 Å². The molecule has 110 valence electrons. The molecule has 0 bridgehead atoms. The molecule has 1 N–H and O–H groups in total. The zero-order valence-electron chi connectivity index (χ0n) is 11.0. The minimum Gasteiger partial charge on any atom is -0.467 e. The SMILES string of the molecule is COC(=O)C(CSS(=O)(=O)c1ccccc1)NC(C)=O. The highest BCUT2D eigenvalue weighted by Crippen LogP contribution is 2.23. The van der Waals surface area contributed by atoms with Gasteiger partial charge in [-0.3, -0.25) is 4.79 Å². The first-order valence-corrected chi connectivity index (χ1v) is 8.65. The molecule has 1 unspecified atom stereocenters. The second kappa shape index (κ2) is 7.30. The van der Waals surface area contributed by atoms with Crippen LogP contribution in [0.25, 0.3) is 0 Å². The fraction of sp³-hybridized carbons (Fsp3) is 0.333. The molecule has 1 amide bonds. The van der Waals surface area contributed by atoms with E-state index >= 15 is 0 Å². The van der Waals surface area contributed by atoms with Crippen molar-refractivity contribution < 1.29 is 22.7 Å². The summed E-state index contributed by atoms with van der Waals surface area (Å²) in [6, 6.07) is 6.86. The van der Waals surface area contributed by atoms with Gasteiger partial charge >= 0.3 is 5.97 Å². The molecule has 0 spiro atoms. The van der Waals surface area contributed by atoms with E-state index in [1.54, 1.807) is 18.2 Å². The summed E-state index contributed by atoms with van der Waals surface area (Å²) in [6.07, 6.45) is 0. The van der Waals surface area contributed by atoms with Crippen LogP contribution in [0.15, 0.2) is 35.2 Å². The summed E-state index contributed by atoms with van der Waals surface area (Å²) in [7, 11) is -1.82. The number of nitrogens with one attached hydrogen (secondary N) is 1. The molecular formula is C12H15NO5S2. The lowest BCUT2D eigenvalue weighted by Crippen LogP contribution is -2.42. The van der Waals surface area contributed by atoms with Crippen LogP contribution >= 0.6 is 10.8 Å². The van der Waals surface area contributed by atoms with E-state index in [1.165, 1.54) is 26.2 Å². The van der Waals surface area contributed by atoms with Crippen LogP contribution in [-0.4, -0.2) is 39.2 Å². The predicted octanol–water partition coefficient (Wildman–Crippen LogP) is 0.786. The fourth-order valence-corrected chi connectivity index (χ4v) is 4.22. The van der Waals surface area contributed by atoms with Gasteiger partial charge in [0, 0.05) is 12.7 Å². The van der Waals surface area contributed by atoms with Crippen LogP contribution in [0, 0.1) is 0 Å². The fourth-order valence-electron chi connectivity index (χ4n) is 1.37. The number of benzene rings is 1. The van der Waals surface area contributed by atoms with Gasteiger partial charge in [0.15, 0.2) is 0 Å². The molecule has 0 saturated carbocycles. The second-order valence-corrected chi connectivity index (χ2v) is 7.80. The van der Waals surface area contributed by atoms with E-state index in [2.05, 4.69) is 10.1 Å². The Morgan fingerprint density at radius 2 is 1.90 bits per heavy atom. The minimum absolute atomic E-state index is 0.122. The first-order chi connectivity index (χ1) is 9.36. The van der Waals surface area contributed by atoms with E-state index in [0.717, 1.165) is 0 Å². The number of hydrogen-bond donors (Lipinski definition) is 1. The quantitative estimate of drug-likeness (QED) is 0.616. The molecule has 1 aromatic carbocycles. The lowest BCUT2D eigenvalue weighted by Gasteiger charge is -2.14. The van der Waals surface area contributed by atoms with Crippen molar-refractivity contribution in [2.75, 3.05) is 12.9 Å². The highest BCUT2D eigenvalue weighted by molar-refractivity contribution is 8.72. The number of esters is 1. The monoisotopic (exact) mass is 317 g/mol. The molecule has 6 nitrogen and oxygen atoms in total. The van der Waals surface area contributed by atoms with Crippen LogP contribution in [0.1, 0.15) is 6.92 Å². The average Bonchev–Trinajstić information content (AvgIpc) is 2.43. The van der Waals surface area contributed by atoms with E-state index in [9.17, 15) is 18.0 Å². The Labute approximate surface area is 121 Å². The summed E-state index contributed by atoms with van der Waals surface area (Å²) in [6.45, 7) is 1.24. The molecule has 0 aliphatic heterocycles. The number of methoxy groups -OCH3 is 1. The van der Waals surface area contributed by atoms with Crippen LogP contribution < -0.4 is 5.32 Å². The summed E-state index contributed by atoms with van der Waals surface area (Å²) in [5.41, 5.74) is 0. The number of rotatable bonds is 6. The lowest BCUT2D eigenvalue weighted by atomic mass is 10.3. The molecule has 0 aromatic heterocycles. The van der Waals surface area contributed by atoms with Crippen LogP contribution in [0.5, 0.6) is 0 Å². The van der Waals surface area contributed by atoms with Crippen LogP contribution in [0.2, 0.25) is 0 Å². The van der Waals surface area contributed by atoms with Gasteiger partial charge in [0.1, 0.15) is 6.04 Å². The van der Waals surface area contributed by atoms with E-state index < -0.39 is 26.8 Å². The Hall–Kier alpha value is -1.54. The molecule has 0 heterocycles. The van der Waals surface area contributed by atoms with Gasteiger partial charge in [-0.1, -0.05) is 18.2 Å². The predicted molar refractivity (Wildman–Crippen MR) is 75.7 cm³/mol. The number of carbonyl (C=O) groups is 2.